The van der Waals surface area contributed by atoms with Gasteiger partial charge in [-0.25, -0.2) is 4.79 Å². The zero-order valence-electron chi connectivity index (χ0n) is 12.1. The first-order valence-electron chi connectivity index (χ1n) is 7.38. The average molecular weight is 295 g/mol. The fourth-order valence-electron chi connectivity index (χ4n) is 2.80. The molecular weight excluding hydrogens is 272 g/mol. The molecule has 0 aromatic heterocycles. The molecular formula is C16H23ClN2O. The van der Waals surface area contributed by atoms with Crippen LogP contribution < -0.4 is 5.32 Å². The van der Waals surface area contributed by atoms with Gasteiger partial charge in [0, 0.05) is 25.2 Å². The lowest BCUT2D eigenvalue weighted by Crippen LogP contribution is -2.37. The van der Waals surface area contributed by atoms with Crippen molar-refractivity contribution >= 4 is 17.6 Å². The zero-order valence-corrected chi connectivity index (χ0v) is 12.8. The number of nitrogens with one attached hydrogen (secondary N) is 1. The number of nitrogens with zero attached hydrogens (tertiary/aromatic N) is 1. The lowest BCUT2D eigenvalue weighted by atomic mass is 10.0. The van der Waals surface area contributed by atoms with Crippen LogP contribution in [0.1, 0.15) is 37.7 Å². The van der Waals surface area contributed by atoms with Gasteiger partial charge in [-0.2, -0.15) is 0 Å². The molecule has 0 bridgehead atoms. The molecule has 2 rings (SSSR count). The van der Waals surface area contributed by atoms with E-state index in [9.17, 15) is 4.79 Å². The fourth-order valence-corrected chi connectivity index (χ4v) is 3.01. The molecule has 0 aliphatic heterocycles. The van der Waals surface area contributed by atoms with Crippen LogP contribution in [0.5, 0.6) is 0 Å². The quantitative estimate of drug-likeness (QED) is 0.872. The lowest BCUT2D eigenvalue weighted by molar-refractivity contribution is 0.206. The first-order chi connectivity index (χ1) is 9.65. The summed E-state index contributed by atoms with van der Waals surface area (Å²) in [7, 11) is 1.81. The number of carbonyl (C=O) groups is 1. The van der Waals surface area contributed by atoms with Gasteiger partial charge in [0.25, 0.3) is 0 Å². The lowest BCUT2D eigenvalue weighted by Gasteiger charge is -2.19. The SMILES string of the molecule is CN(Cc1cccc(Cl)c1)C(=O)NCCC1CCCC1. The minimum Gasteiger partial charge on any atom is -0.338 e. The van der Waals surface area contributed by atoms with E-state index in [1.54, 1.807) is 4.90 Å². The summed E-state index contributed by atoms with van der Waals surface area (Å²) in [6.45, 7) is 1.36. The molecule has 0 radical (unpaired) electrons. The van der Waals surface area contributed by atoms with Gasteiger partial charge >= 0.3 is 6.03 Å². The van der Waals surface area contributed by atoms with Crippen molar-refractivity contribution in [2.24, 2.45) is 5.92 Å². The molecule has 1 fully saturated rings. The van der Waals surface area contributed by atoms with Gasteiger partial charge < -0.3 is 10.2 Å². The molecule has 4 heteroatoms. The highest BCUT2D eigenvalue weighted by atomic mass is 35.5. The van der Waals surface area contributed by atoms with Crippen LogP contribution in [-0.4, -0.2) is 24.5 Å². The van der Waals surface area contributed by atoms with E-state index in [1.807, 2.05) is 31.3 Å². The summed E-state index contributed by atoms with van der Waals surface area (Å²) in [6, 6.07) is 7.61. The first-order valence-corrected chi connectivity index (χ1v) is 7.76. The molecule has 2 amide bonds. The van der Waals surface area contributed by atoms with Crippen LogP contribution in [0.15, 0.2) is 24.3 Å². The minimum atomic E-state index is -0.0111. The topological polar surface area (TPSA) is 32.3 Å². The Balaban J connectivity index is 1.71. The third kappa shape index (κ3) is 4.71. The standard InChI is InChI=1S/C16H23ClN2O/c1-19(12-14-7-4-8-15(17)11-14)16(20)18-10-9-13-5-2-3-6-13/h4,7-8,11,13H,2-3,5-6,9-10,12H2,1H3,(H,18,20). The minimum absolute atomic E-state index is 0.0111. The van der Waals surface area contributed by atoms with Gasteiger partial charge in [-0.15, -0.1) is 0 Å². The van der Waals surface area contributed by atoms with Crippen LogP contribution in [0.4, 0.5) is 4.79 Å². The third-order valence-corrected chi connectivity index (χ3v) is 4.19. The number of carbonyl (C=O) groups excluding carboxylic acids is 1. The van der Waals surface area contributed by atoms with Crippen LogP contribution >= 0.6 is 11.6 Å². The molecule has 1 aliphatic rings. The van der Waals surface area contributed by atoms with E-state index in [1.165, 1.54) is 25.7 Å². The number of benzene rings is 1. The molecule has 1 N–H and O–H groups in total. The third-order valence-electron chi connectivity index (χ3n) is 3.96. The first kappa shape index (κ1) is 15.2. The van der Waals surface area contributed by atoms with Gasteiger partial charge in [0.2, 0.25) is 0 Å². The summed E-state index contributed by atoms with van der Waals surface area (Å²) < 4.78 is 0. The fraction of sp³-hybridized carbons (Fsp3) is 0.562. The van der Waals surface area contributed by atoms with E-state index in [4.69, 9.17) is 11.6 Å². The van der Waals surface area contributed by atoms with Crippen LogP contribution in [0.2, 0.25) is 5.02 Å². The molecule has 3 nitrogen and oxygen atoms in total. The van der Waals surface area contributed by atoms with E-state index in [0.29, 0.717) is 11.6 Å². The van der Waals surface area contributed by atoms with Crippen LogP contribution in [0, 0.1) is 5.92 Å². The van der Waals surface area contributed by atoms with E-state index < -0.39 is 0 Å². The summed E-state index contributed by atoms with van der Waals surface area (Å²) in [6.07, 6.45) is 6.47. The number of halogens is 1. The van der Waals surface area contributed by atoms with Crippen molar-refractivity contribution < 1.29 is 4.79 Å². The van der Waals surface area contributed by atoms with Crippen molar-refractivity contribution in [2.75, 3.05) is 13.6 Å². The molecule has 0 saturated heterocycles. The Morgan fingerprint density at radius 3 is 2.85 bits per heavy atom. The second-order valence-electron chi connectivity index (χ2n) is 5.66. The van der Waals surface area contributed by atoms with Crippen molar-refractivity contribution in [3.8, 4) is 0 Å². The second kappa shape index (κ2) is 7.53. The van der Waals surface area contributed by atoms with E-state index >= 15 is 0 Å². The molecule has 0 atom stereocenters. The van der Waals surface area contributed by atoms with Crippen molar-refractivity contribution in [3.05, 3.63) is 34.9 Å². The highest BCUT2D eigenvalue weighted by molar-refractivity contribution is 6.30. The summed E-state index contributed by atoms with van der Waals surface area (Å²) in [5.74, 6) is 0.813. The smallest absolute Gasteiger partial charge is 0.317 e. The van der Waals surface area contributed by atoms with E-state index in [0.717, 1.165) is 24.4 Å². The van der Waals surface area contributed by atoms with Crippen LogP contribution in [0.25, 0.3) is 0 Å². The molecule has 110 valence electrons. The zero-order chi connectivity index (χ0) is 14.4. The summed E-state index contributed by atoms with van der Waals surface area (Å²) in [5, 5.41) is 3.70. The largest absolute Gasteiger partial charge is 0.338 e. The molecule has 0 heterocycles. The molecule has 1 aromatic carbocycles. The number of amides is 2. The number of urea groups is 1. The highest BCUT2D eigenvalue weighted by Gasteiger charge is 2.15. The number of hydrogen-bond acceptors (Lipinski definition) is 1. The monoisotopic (exact) mass is 294 g/mol. The summed E-state index contributed by atoms with van der Waals surface area (Å²) in [5.41, 5.74) is 1.05. The van der Waals surface area contributed by atoms with E-state index in [-0.39, 0.29) is 6.03 Å². The van der Waals surface area contributed by atoms with Gasteiger partial charge in [0.05, 0.1) is 0 Å². The Morgan fingerprint density at radius 2 is 2.15 bits per heavy atom. The Labute approximate surface area is 126 Å². The second-order valence-corrected chi connectivity index (χ2v) is 6.09. The Hall–Kier alpha value is -1.22. The summed E-state index contributed by atoms with van der Waals surface area (Å²) >= 11 is 5.95. The molecule has 1 saturated carbocycles. The predicted molar refractivity (Wildman–Crippen MR) is 82.9 cm³/mol. The van der Waals surface area contributed by atoms with Gasteiger partial charge in [-0.3, -0.25) is 0 Å². The van der Waals surface area contributed by atoms with Crippen molar-refractivity contribution in [1.29, 1.82) is 0 Å². The maximum absolute atomic E-state index is 12.0. The molecule has 0 unspecified atom stereocenters. The average Bonchev–Trinajstić information content (AvgIpc) is 2.91. The van der Waals surface area contributed by atoms with Gasteiger partial charge in [-0.05, 0) is 30.0 Å². The highest BCUT2D eigenvalue weighted by Crippen LogP contribution is 2.26. The van der Waals surface area contributed by atoms with Gasteiger partial charge in [-0.1, -0.05) is 49.4 Å². The van der Waals surface area contributed by atoms with Crippen molar-refractivity contribution in [3.63, 3.8) is 0 Å². The molecule has 20 heavy (non-hydrogen) atoms. The maximum atomic E-state index is 12.0. The molecule has 1 aromatic rings. The van der Waals surface area contributed by atoms with Gasteiger partial charge in [0.1, 0.15) is 0 Å². The van der Waals surface area contributed by atoms with Gasteiger partial charge in [0.15, 0.2) is 0 Å². The molecule has 0 spiro atoms. The molecule has 1 aliphatic carbocycles. The Morgan fingerprint density at radius 1 is 1.40 bits per heavy atom. The predicted octanol–water partition coefficient (Wildman–Crippen LogP) is 4.06. The number of rotatable bonds is 5. The normalized spacial score (nSPS) is 15.3. The summed E-state index contributed by atoms with van der Waals surface area (Å²) in [4.78, 5) is 13.7. The number of hydrogen-bond donors (Lipinski definition) is 1. The Kier molecular flexibility index (Phi) is 5.72. The van der Waals surface area contributed by atoms with Crippen molar-refractivity contribution in [2.45, 2.75) is 38.6 Å². The Bertz CT molecular complexity index is 444. The van der Waals surface area contributed by atoms with Crippen LogP contribution in [-0.2, 0) is 6.54 Å². The van der Waals surface area contributed by atoms with E-state index in [2.05, 4.69) is 5.32 Å². The van der Waals surface area contributed by atoms with Crippen molar-refractivity contribution in [1.82, 2.24) is 10.2 Å². The van der Waals surface area contributed by atoms with Crippen LogP contribution in [0.3, 0.4) is 0 Å². The maximum Gasteiger partial charge on any atom is 0.317 e.